The Morgan fingerprint density at radius 3 is 2.68 bits per heavy atom. The number of aliphatic hydroxyl groups is 2. The fourth-order valence-electron chi connectivity index (χ4n) is 1.84. The molecule has 108 valence electrons. The second-order valence-corrected chi connectivity index (χ2v) is 5.09. The molecule has 0 saturated heterocycles. The van der Waals surface area contributed by atoms with Crippen LogP contribution in [0.25, 0.3) is 0 Å². The Hall–Kier alpha value is -1.10. The van der Waals surface area contributed by atoms with Crippen LogP contribution in [0.15, 0.2) is 18.2 Å². The van der Waals surface area contributed by atoms with Crippen molar-refractivity contribution in [2.75, 3.05) is 26.3 Å². The van der Waals surface area contributed by atoms with Crippen LogP contribution in [0.5, 0.6) is 5.75 Å². The summed E-state index contributed by atoms with van der Waals surface area (Å²) in [7, 11) is 0. The van der Waals surface area contributed by atoms with Crippen LogP contribution < -0.4 is 10.1 Å². The summed E-state index contributed by atoms with van der Waals surface area (Å²) in [5.41, 5.74) is 2.30. The van der Waals surface area contributed by atoms with Crippen molar-refractivity contribution in [3.63, 3.8) is 0 Å². The highest BCUT2D eigenvalue weighted by Gasteiger charge is 2.10. The molecule has 4 heteroatoms. The van der Waals surface area contributed by atoms with Crippen molar-refractivity contribution >= 4 is 0 Å². The largest absolute Gasteiger partial charge is 0.491 e. The Labute approximate surface area is 115 Å². The molecule has 0 aromatic heterocycles. The first-order chi connectivity index (χ1) is 9.04. The Bertz CT molecular complexity index is 380. The van der Waals surface area contributed by atoms with Gasteiger partial charge in [0.15, 0.2) is 0 Å². The number of nitrogens with one attached hydrogen (secondary N) is 1. The van der Waals surface area contributed by atoms with Gasteiger partial charge in [-0.2, -0.15) is 0 Å². The van der Waals surface area contributed by atoms with Crippen molar-refractivity contribution in [3.8, 4) is 5.75 Å². The molecule has 3 N–H and O–H groups in total. The average molecular weight is 267 g/mol. The molecule has 1 aromatic rings. The van der Waals surface area contributed by atoms with Gasteiger partial charge in [0.25, 0.3) is 0 Å². The lowest BCUT2D eigenvalue weighted by Gasteiger charge is -2.17. The van der Waals surface area contributed by atoms with Crippen molar-refractivity contribution in [1.82, 2.24) is 5.32 Å². The molecule has 4 nitrogen and oxygen atoms in total. The van der Waals surface area contributed by atoms with Gasteiger partial charge < -0.3 is 20.3 Å². The van der Waals surface area contributed by atoms with E-state index in [9.17, 15) is 5.11 Å². The van der Waals surface area contributed by atoms with Gasteiger partial charge in [0.1, 0.15) is 18.5 Å². The quantitative estimate of drug-likeness (QED) is 0.624. The van der Waals surface area contributed by atoms with Crippen LogP contribution in [0.4, 0.5) is 0 Å². The Balaban J connectivity index is 2.54. The van der Waals surface area contributed by atoms with Crippen LogP contribution in [0.3, 0.4) is 0 Å². The minimum absolute atomic E-state index is 0.0724. The summed E-state index contributed by atoms with van der Waals surface area (Å²) in [6.07, 6.45) is -0.577. The topological polar surface area (TPSA) is 61.7 Å². The van der Waals surface area contributed by atoms with Crippen molar-refractivity contribution in [2.24, 2.45) is 0 Å². The lowest BCUT2D eigenvalue weighted by Crippen LogP contribution is -2.33. The number of hydrogen-bond donors (Lipinski definition) is 3. The van der Waals surface area contributed by atoms with E-state index in [4.69, 9.17) is 9.84 Å². The molecule has 1 rings (SSSR count). The maximum absolute atomic E-state index is 9.77. The second kappa shape index (κ2) is 8.15. The van der Waals surface area contributed by atoms with Crippen molar-refractivity contribution in [3.05, 3.63) is 29.3 Å². The summed E-state index contributed by atoms with van der Waals surface area (Å²) in [6, 6.07) is 6.15. The second-order valence-electron chi connectivity index (χ2n) is 5.09. The molecule has 0 aliphatic rings. The van der Waals surface area contributed by atoms with Crippen LogP contribution in [0.2, 0.25) is 0 Å². The number of benzene rings is 1. The summed E-state index contributed by atoms with van der Waals surface area (Å²) in [4.78, 5) is 0. The summed E-state index contributed by atoms with van der Waals surface area (Å²) in [6.45, 7) is 7.50. The van der Waals surface area contributed by atoms with E-state index >= 15 is 0 Å². The van der Waals surface area contributed by atoms with Gasteiger partial charge in [0.05, 0.1) is 6.61 Å². The molecule has 1 unspecified atom stereocenters. The highest BCUT2D eigenvalue weighted by molar-refractivity contribution is 5.39. The Morgan fingerprint density at radius 2 is 2.05 bits per heavy atom. The first kappa shape index (κ1) is 16.0. The summed E-state index contributed by atoms with van der Waals surface area (Å²) in [5, 5.41) is 21.3. The highest BCUT2D eigenvalue weighted by atomic mass is 16.5. The standard InChI is InChI=1S/C15H25NO3/c1-11(2)14-5-4-12(3)8-15(14)19-10-13(18)9-16-6-7-17/h4-5,8,11,13,16-18H,6-7,9-10H2,1-3H3. The van der Waals surface area contributed by atoms with Gasteiger partial charge in [-0.25, -0.2) is 0 Å². The molecule has 0 radical (unpaired) electrons. The van der Waals surface area contributed by atoms with E-state index in [0.29, 0.717) is 19.0 Å². The number of rotatable bonds is 8. The number of aryl methyl sites for hydroxylation is 1. The van der Waals surface area contributed by atoms with Crippen LogP contribution in [-0.2, 0) is 0 Å². The molecule has 0 amide bonds. The van der Waals surface area contributed by atoms with Gasteiger partial charge in [-0.3, -0.25) is 0 Å². The van der Waals surface area contributed by atoms with E-state index in [1.54, 1.807) is 0 Å². The molecule has 0 aliphatic carbocycles. The minimum atomic E-state index is -0.577. The molecule has 19 heavy (non-hydrogen) atoms. The molecular weight excluding hydrogens is 242 g/mol. The number of aliphatic hydroxyl groups excluding tert-OH is 2. The average Bonchev–Trinajstić information content (AvgIpc) is 2.36. The highest BCUT2D eigenvalue weighted by Crippen LogP contribution is 2.27. The van der Waals surface area contributed by atoms with E-state index < -0.39 is 6.10 Å². The van der Waals surface area contributed by atoms with Gasteiger partial charge >= 0.3 is 0 Å². The van der Waals surface area contributed by atoms with Gasteiger partial charge in [-0.15, -0.1) is 0 Å². The van der Waals surface area contributed by atoms with E-state index in [1.165, 1.54) is 0 Å². The third-order valence-corrected chi connectivity index (χ3v) is 2.89. The third kappa shape index (κ3) is 5.59. The Morgan fingerprint density at radius 1 is 1.32 bits per heavy atom. The molecule has 0 saturated carbocycles. The zero-order valence-corrected chi connectivity index (χ0v) is 12.0. The van der Waals surface area contributed by atoms with E-state index in [2.05, 4.69) is 31.3 Å². The molecule has 0 spiro atoms. The maximum atomic E-state index is 9.77. The van der Waals surface area contributed by atoms with Gasteiger partial charge in [-0.1, -0.05) is 26.0 Å². The molecule has 0 aliphatic heterocycles. The molecule has 0 heterocycles. The summed E-state index contributed by atoms with van der Waals surface area (Å²) < 4.78 is 5.72. The molecule has 0 fully saturated rings. The fourth-order valence-corrected chi connectivity index (χ4v) is 1.84. The zero-order valence-electron chi connectivity index (χ0n) is 12.0. The van der Waals surface area contributed by atoms with Crippen LogP contribution in [-0.4, -0.2) is 42.6 Å². The normalized spacial score (nSPS) is 12.7. The maximum Gasteiger partial charge on any atom is 0.123 e. The van der Waals surface area contributed by atoms with Crippen molar-refractivity contribution in [1.29, 1.82) is 0 Å². The summed E-state index contributed by atoms with van der Waals surface area (Å²) in [5.74, 6) is 1.23. The van der Waals surface area contributed by atoms with Crippen LogP contribution >= 0.6 is 0 Å². The minimum Gasteiger partial charge on any atom is -0.491 e. The van der Waals surface area contributed by atoms with Gasteiger partial charge in [-0.05, 0) is 30.0 Å². The van der Waals surface area contributed by atoms with Crippen LogP contribution in [0, 0.1) is 6.92 Å². The van der Waals surface area contributed by atoms with Crippen molar-refractivity contribution in [2.45, 2.75) is 32.8 Å². The van der Waals surface area contributed by atoms with Crippen LogP contribution in [0.1, 0.15) is 30.9 Å². The number of hydrogen-bond acceptors (Lipinski definition) is 4. The molecule has 0 bridgehead atoms. The molecule has 1 aromatic carbocycles. The van der Waals surface area contributed by atoms with E-state index in [-0.39, 0.29) is 13.2 Å². The van der Waals surface area contributed by atoms with Gasteiger partial charge in [0.2, 0.25) is 0 Å². The SMILES string of the molecule is Cc1ccc(C(C)C)c(OCC(O)CNCCO)c1. The molecular formula is C15H25NO3. The predicted molar refractivity (Wildman–Crippen MR) is 76.7 cm³/mol. The Kier molecular flexibility index (Phi) is 6.84. The molecule has 1 atom stereocenters. The smallest absolute Gasteiger partial charge is 0.123 e. The first-order valence-electron chi connectivity index (χ1n) is 6.77. The lowest BCUT2D eigenvalue weighted by atomic mass is 10.0. The number of ether oxygens (including phenoxy) is 1. The van der Waals surface area contributed by atoms with Crippen molar-refractivity contribution < 1.29 is 14.9 Å². The monoisotopic (exact) mass is 267 g/mol. The van der Waals surface area contributed by atoms with E-state index in [1.807, 2.05) is 13.0 Å². The first-order valence-corrected chi connectivity index (χ1v) is 6.77. The lowest BCUT2D eigenvalue weighted by molar-refractivity contribution is 0.104. The zero-order chi connectivity index (χ0) is 14.3. The predicted octanol–water partition coefficient (Wildman–Crippen LogP) is 1.44. The third-order valence-electron chi connectivity index (χ3n) is 2.89. The van der Waals surface area contributed by atoms with Gasteiger partial charge in [0, 0.05) is 13.1 Å². The summed E-state index contributed by atoms with van der Waals surface area (Å²) >= 11 is 0. The van der Waals surface area contributed by atoms with E-state index in [0.717, 1.165) is 16.9 Å². The fraction of sp³-hybridized carbons (Fsp3) is 0.600.